The van der Waals surface area contributed by atoms with E-state index < -0.39 is 13.3 Å². The molecule has 6 heteroatoms. The van der Waals surface area contributed by atoms with E-state index in [1.165, 1.54) is 27.6 Å². The second-order valence-electron chi connectivity index (χ2n) is 15.7. The number of pyridine rings is 1. The van der Waals surface area contributed by atoms with Crippen LogP contribution in [0.15, 0.2) is 78.7 Å². The summed E-state index contributed by atoms with van der Waals surface area (Å²) in [7, 11) is 0. The van der Waals surface area contributed by atoms with Gasteiger partial charge in [-0.2, -0.15) is 0 Å². The van der Waals surface area contributed by atoms with Gasteiger partial charge in [0.2, 0.25) is 0 Å². The van der Waals surface area contributed by atoms with Gasteiger partial charge >= 0.3 is 182 Å². The standard InChI is InChI=1S/C28H29FGeN.C15H28O2.Ir/c1-28(2,3)25-16-21(15-20-9-7-8-10-23(20)25)27-17-24(26(29)18-31-27)19-11-13-22(14-12-19)30(4,5)6;1-7-14(5,8-2)12(16)11-13(17)15(6,9-3)10-4;/h7-14,16-18H,1-6H3;11,16H,7-10H2,1-6H3;/q-1;;/b;12-11-;. The fourth-order valence-corrected chi connectivity index (χ4v) is 8.08. The Hall–Kier alpha value is -2.60. The number of aromatic nitrogens is 1. The molecule has 0 amide bonds. The molecule has 0 saturated carbocycles. The molecule has 3 nitrogen and oxygen atoms in total. The summed E-state index contributed by atoms with van der Waals surface area (Å²) in [5, 5.41) is 12.4. The first-order chi connectivity index (χ1) is 22.3. The number of allylic oxidation sites excluding steroid dienone is 2. The molecule has 4 rings (SSSR count). The van der Waals surface area contributed by atoms with Crippen LogP contribution in [-0.4, -0.2) is 29.1 Å². The molecule has 0 unspecified atom stereocenters. The topological polar surface area (TPSA) is 50.2 Å². The maximum Gasteiger partial charge on any atom is 0.164 e. The molecule has 1 heterocycles. The summed E-state index contributed by atoms with van der Waals surface area (Å²) < 4.78 is 16.2. The second-order valence-corrected chi connectivity index (χ2v) is 26.4. The Bertz CT molecular complexity index is 1740. The van der Waals surface area contributed by atoms with E-state index in [-0.39, 0.29) is 53.7 Å². The van der Waals surface area contributed by atoms with E-state index >= 15 is 0 Å². The van der Waals surface area contributed by atoms with Gasteiger partial charge in [-0.1, -0.05) is 47.6 Å². The van der Waals surface area contributed by atoms with Crippen LogP contribution >= 0.6 is 0 Å². The van der Waals surface area contributed by atoms with Crippen molar-refractivity contribution < 1.29 is 34.4 Å². The van der Waals surface area contributed by atoms with Crippen LogP contribution in [0.5, 0.6) is 0 Å². The number of ketones is 1. The van der Waals surface area contributed by atoms with Gasteiger partial charge in [-0.3, -0.25) is 4.79 Å². The molecular formula is C43H57FGeIrNO2-. The predicted octanol–water partition coefficient (Wildman–Crippen LogP) is 12.0. The summed E-state index contributed by atoms with van der Waals surface area (Å²) in [4.78, 5) is 16.6. The zero-order valence-corrected chi connectivity index (χ0v) is 36.3. The van der Waals surface area contributed by atoms with Crippen LogP contribution < -0.4 is 4.40 Å². The Kier molecular flexibility index (Phi) is 14.8. The molecule has 49 heavy (non-hydrogen) atoms. The first-order valence-electron chi connectivity index (χ1n) is 17.5. The zero-order chi connectivity index (χ0) is 36.1. The molecule has 0 bridgehead atoms. The molecule has 3 aromatic carbocycles. The van der Waals surface area contributed by atoms with Crippen molar-refractivity contribution in [2.75, 3.05) is 0 Å². The molecule has 0 aliphatic heterocycles. The van der Waals surface area contributed by atoms with Gasteiger partial charge in [-0.25, -0.2) is 0 Å². The van der Waals surface area contributed by atoms with Crippen molar-refractivity contribution in [3.8, 4) is 22.4 Å². The molecule has 4 aromatic rings. The van der Waals surface area contributed by atoms with Crippen LogP contribution in [-0.2, 0) is 30.3 Å². The molecule has 0 fully saturated rings. The minimum atomic E-state index is -1.91. The molecular weight excluding hydrogens is 846 g/mol. The summed E-state index contributed by atoms with van der Waals surface area (Å²) in [6, 6.07) is 24.2. The van der Waals surface area contributed by atoms with Gasteiger partial charge in [0.1, 0.15) is 5.76 Å². The van der Waals surface area contributed by atoms with E-state index in [4.69, 9.17) is 0 Å². The maximum absolute atomic E-state index is 14.8. The van der Waals surface area contributed by atoms with Crippen LogP contribution in [0.3, 0.4) is 0 Å². The molecule has 1 aromatic heterocycles. The van der Waals surface area contributed by atoms with Crippen LogP contribution in [0, 0.1) is 22.7 Å². The van der Waals surface area contributed by atoms with Crippen molar-refractivity contribution in [3.05, 3.63) is 96.1 Å². The minimum Gasteiger partial charge on any atom is -0.512 e. The third kappa shape index (κ3) is 10.2. The first-order valence-corrected chi connectivity index (χ1v) is 24.9. The summed E-state index contributed by atoms with van der Waals surface area (Å²) in [6.07, 6.45) is 6.09. The van der Waals surface area contributed by atoms with Crippen LogP contribution in [0.1, 0.15) is 93.6 Å². The number of rotatable bonds is 10. The summed E-state index contributed by atoms with van der Waals surface area (Å²) >= 11 is -1.91. The maximum atomic E-state index is 14.8. The Morgan fingerprint density at radius 3 is 1.92 bits per heavy atom. The summed E-state index contributed by atoms with van der Waals surface area (Å²) in [5.74, 6) is 7.08. The van der Waals surface area contributed by atoms with Crippen LogP contribution in [0.25, 0.3) is 33.2 Å². The molecule has 0 saturated heterocycles. The molecule has 1 N–H and O–H groups in total. The number of fused-ring (bicyclic) bond motifs is 1. The third-order valence-electron chi connectivity index (χ3n) is 10.4. The first kappa shape index (κ1) is 42.6. The van der Waals surface area contributed by atoms with Crippen LogP contribution in [0.2, 0.25) is 17.3 Å². The summed E-state index contributed by atoms with van der Waals surface area (Å²) in [6.45, 7) is 18.7. The van der Waals surface area contributed by atoms with E-state index in [1.54, 1.807) is 0 Å². The number of hydrogen-bond acceptors (Lipinski definition) is 3. The number of aliphatic hydroxyl groups excluding tert-OH is 1. The molecule has 1 radical (unpaired) electrons. The van der Waals surface area contributed by atoms with Gasteiger partial charge in [0.15, 0.2) is 5.78 Å². The van der Waals surface area contributed by atoms with Crippen molar-refractivity contribution in [1.29, 1.82) is 0 Å². The average Bonchev–Trinajstić information content (AvgIpc) is 3.06. The van der Waals surface area contributed by atoms with Crippen molar-refractivity contribution in [3.63, 3.8) is 0 Å². The van der Waals surface area contributed by atoms with Crippen molar-refractivity contribution in [2.24, 2.45) is 10.8 Å². The van der Waals surface area contributed by atoms with E-state index in [0.717, 1.165) is 47.9 Å². The number of nitrogens with zero attached hydrogens (tertiary/aromatic N) is 1. The Morgan fingerprint density at radius 2 is 1.41 bits per heavy atom. The number of benzene rings is 3. The van der Waals surface area contributed by atoms with Crippen molar-refractivity contribution in [1.82, 2.24) is 4.98 Å². The average molecular weight is 904 g/mol. The molecule has 0 atom stereocenters. The molecule has 267 valence electrons. The van der Waals surface area contributed by atoms with Gasteiger partial charge in [0.05, 0.1) is 0 Å². The molecule has 0 spiro atoms. The van der Waals surface area contributed by atoms with E-state index in [2.05, 4.69) is 85.5 Å². The fourth-order valence-electron chi connectivity index (χ4n) is 5.63. The largest absolute Gasteiger partial charge is 0.512 e. The van der Waals surface area contributed by atoms with Crippen LogP contribution in [0.4, 0.5) is 4.39 Å². The minimum absolute atomic E-state index is 0. The van der Waals surface area contributed by atoms with Gasteiger partial charge in [-0.15, -0.1) is 0 Å². The smallest absolute Gasteiger partial charge is 0.164 e. The molecule has 0 aliphatic rings. The zero-order valence-electron chi connectivity index (χ0n) is 31.8. The monoisotopic (exact) mass is 905 g/mol. The fraction of sp³-hybridized carbons (Fsp3) is 0.442. The summed E-state index contributed by atoms with van der Waals surface area (Å²) in [5.41, 5.74) is 3.71. The van der Waals surface area contributed by atoms with E-state index in [0.29, 0.717) is 5.56 Å². The number of aliphatic hydroxyl groups is 1. The number of halogens is 1. The van der Waals surface area contributed by atoms with Gasteiger partial charge in [-0.05, 0) is 25.7 Å². The Balaban J connectivity index is 0.000000398. The number of carbonyl (C=O) groups is 1. The quantitative estimate of drug-likeness (QED) is 0.0747. The van der Waals surface area contributed by atoms with E-state index in [1.807, 2.05) is 65.8 Å². The molecule has 0 aliphatic carbocycles. The number of carbonyl (C=O) groups excluding carboxylic acids is 1. The number of hydrogen-bond donors (Lipinski definition) is 1. The second kappa shape index (κ2) is 17.1. The SMILES string of the molecule is CC(C)(C)c1cc(-c2cc(-c3cc[c]([Ge]([CH3])([CH3])[CH3])cc3)c(F)cn2)[c-]c2ccccc12.CCC(C)(CC)C(=O)/C=C(\O)C(C)(CC)CC.[Ir]. The van der Waals surface area contributed by atoms with Gasteiger partial charge < -0.3 is 5.11 Å². The Morgan fingerprint density at radius 1 is 0.857 bits per heavy atom. The van der Waals surface area contributed by atoms with Crippen molar-refractivity contribution in [2.45, 2.75) is 111 Å². The third-order valence-corrected chi connectivity index (χ3v) is 14.7. The van der Waals surface area contributed by atoms with E-state index in [9.17, 15) is 14.3 Å². The Labute approximate surface area is 311 Å². The normalized spacial score (nSPS) is 12.6. The van der Waals surface area contributed by atoms with Gasteiger partial charge in [0.25, 0.3) is 0 Å². The van der Waals surface area contributed by atoms with Gasteiger partial charge in [0, 0.05) is 37.0 Å². The van der Waals surface area contributed by atoms with Crippen molar-refractivity contribution >= 4 is 34.2 Å². The predicted molar refractivity (Wildman–Crippen MR) is 206 cm³/mol.